The lowest BCUT2D eigenvalue weighted by Crippen LogP contribution is -2.40. The highest BCUT2D eigenvalue weighted by Gasteiger charge is 2.31. The molecule has 0 heterocycles. The minimum absolute atomic E-state index is 0.0852. The van der Waals surface area contributed by atoms with E-state index < -0.39 is 21.4 Å². The number of halogens is 2. The van der Waals surface area contributed by atoms with Gasteiger partial charge in [-0.2, -0.15) is 0 Å². The molecule has 0 bridgehead atoms. The van der Waals surface area contributed by atoms with Crippen LogP contribution in [0.2, 0.25) is 5.02 Å². The molecular formula is C17H19ClFNO3S. The maximum atomic E-state index is 14.1. The molecule has 4 nitrogen and oxygen atoms in total. The molecule has 2 aromatic rings. The molecule has 0 aliphatic rings. The van der Waals surface area contributed by atoms with Crippen LogP contribution >= 0.6 is 11.6 Å². The molecule has 24 heavy (non-hydrogen) atoms. The number of methoxy groups -OCH3 is 1. The summed E-state index contributed by atoms with van der Waals surface area (Å²) < 4.78 is 47.1. The van der Waals surface area contributed by atoms with Gasteiger partial charge >= 0.3 is 0 Å². The molecule has 2 aromatic carbocycles. The van der Waals surface area contributed by atoms with Gasteiger partial charge in [0.2, 0.25) is 10.0 Å². The van der Waals surface area contributed by atoms with Crippen molar-refractivity contribution in [2.45, 2.75) is 24.3 Å². The first kappa shape index (κ1) is 18.9. The quantitative estimate of drug-likeness (QED) is 0.843. The van der Waals surface area contributed by atoms with E-state index in [0.717, 1.165) is 0 Å². The highest BCUT2D eigenvalue weighted by molar-refractivity contribution is 7.89. The van der Waals surface area contributed by atoms with Gasteiger partial charge in [0.15, 0.2) is 0 Å². The maximum absolute atomic E-state index is 14.1. The monoisotopic (exact) mass is 371 g/mol. The van der Waals surface area contributed by atoms with E-state index in [-0.39, 0.29) is 17.0 Å². The predicted octanol–water partition coefficient (Wildman–Crippen LogP) is 3.63. The number of nitrogens with one attached hydrogen (secondary N) is 1. The molecule has 0 aromatic heterocycles. The van der Waals surface area contributed by atoms with E-state index in [1.807, 2.05) is 0 Å². The van der Waals surface area contributed by atoms with E-state index in [4.69, 9.17) is 16.3 Å². The standard InChI is InChI=1S/C17H19ClFNO3S/c1-12-8-9-13(18)10-16(12)24(21,22)20-11-17(2,23-3)14-6-4-5-7-15(14)19/h4-10,20H,11H2,1-3H3. The molecule has 1 atom stereocenters. The summed E-state index contributed by atoms with van der Waals surface area (Å²) in [4.78, 5) is 0.0852. The number of aryl methyl sites for hydroxylation is 1. The first-order valence-electron chi connectivity index (χ1n) is 7.25. The number of sulfonamides is 1. The molecule has 2 rings (SSSR count). The fourth-order valence-corrected chi connectivity index (χ4v) is 3.97. The summed E-state index contributed by atoms with van der Waals surface area (Å²) in [6.07, 6.45) is 0. The predicted molar refractivity (Wildman–Crippen MR) is 92.1 cm³/mol. The highest BCUT2D eigenvalue weighted by Crippen LogP contribution is 2.27. The summed E-state index contributed by atoms with van der Waals surface area (Å²) in [5.74, 6) is -0.458. The van der Waals surface area contributed by atoms with E-state index >= 15 is 0 Å². The first-order chi connectivity index (χ1) is 11.2. The Morgan fingerprint density at radius 2 is 1.92 bits per heavy atom. The van der Waals surface area contributed by atoms with Crippen LogP contribution in [0.5, 0.6) is 0 Å². The van der Waals surface area contributed by atoms with Crippen LogP contribution in [-0.2, 0) is 20.4 Å². The second kappa shape index (κ2) is 7.19. The topological polar surface area (TPSA) is 55.4 Å². The second-order valence-electron chi connectivity index (χ2n) is 5.65. The number of hydrogen-bond donors (Lipinski definition) is 1. The molecule has 0 saturated carbocycles. The SMILES string of the molecule is COC(C)(CNS(=O)(=O)c1cc(Cl)ccc1C)c1ccccc1F. The molecule has 0 amide bonds. The second-order valence-corrected chi connectivity index (χ2v) is 7.82. The summed E-state index contributed by atoms with van der Waals surface area (Å²) in [7, 11) is -2.41. The van der Waals surface area contributed by atoms with Crippen LogP contribution in [0.1, 0.15) is 18.1 Å². The van der Waals surface area contributed by atoms with Gasteiger partial charge < -0.3 is 4.74 Å². The normalized spacial score (nSPS) is 14.4. The molecule has 0 aliphatic carbocycles. The molecule has 0 radical (unpaired) electrons. The van der Waals surface area contributed by atoms with Crippen molar-refractivity contribution in [1.29, 1.82) is 0 Å². The maximum Gasteiger partial charge on any atom is 0.240 e. The van der Waals surface area contributed by atoms with E-state index in [0.29, 0.717) is 10.6 Å². The van der Waals surface area contributed by atoms with Crippen LogP contribution in [0, 0.1) is 12.7 Å². The number of ether oxygens (including phenoxy) is 1. The van der Waals surface area contributed by atoms with Gasteiger partial charge in [-0.05, 0) is 37.6 Å². The van der Waals surface area contributed by atoms with Gasteiger partial charge in [0.1, 0.15) is 11.4 Å². The van der Waals surface area contributed by atoms with Crippen molar-refractivity contribution in [2.24, 2.45) is 0 Å². The van der Waals surface area contributed by atoms with Crippen LogP contribution in [0.3, 0.4) is 0 Å². The van der Waals surface area contributed by atoms with E-state index in [1.54, 1.807) is 44.2 Å². The molecule has 1 unspecified atom stereocenters. The van der Waals surface area contributed by atoms with Gasteiger partial charge in [0, 0.05) is 24.2 Å². The smallest absolute Gasteiger partial charge is 0.240 e. The van der Waals surface area contributed by atoms with Crippen molar-refractivity contribution in [1.82, 2.24) is 4.72 Å². The van der Waals surface area contributed by atoms with Crippen LogP contribution in [0.25, 0.3) is 0 Å². The third kappa shape index (κ3) is 3.95. The van der Waals surface area contributed by atoms with Gasteiger partial charge in [-0.1, -0.05) is 35.9 Å². The van der Waals surface area contributed by atoms with Gasteiger partial charge in [-0.3, -0.25) is 0 Å². The highest BCUT2D eigenvalue weighted by atomic mass is 35.5. The van der Waals surface area contributed by atoms with Crippen molar-refractivity contribution in [2.75, 3.05) is 13.7 Å². The average molecular weight is 372 g/mol. The molecule has 0 aliphatic heterocycles. The summed E-state index contributed by atoms with van der Waals surface area (Å²) in [6, 6.07) is 10.7. The third-order valence-corrected chi connectivity index (χ3v) is 5.71. The third-order valence-electron chi connectivity index (χ3n) is 3.93. The molecule has 0 spiro atoms. The van der Waals surface area contributed by atoms with Crippen molar-refractivity contribution >= 4 is 21.6 Å². The zero-order chi connectivity index (χ0) is 18.0. The zero-order valence-electron chi connectivity index (χ0n) is 13.6. The Hall–Kier alpha value is -1.47. The van der Waals surface area contributed by atoms with Crippen LogP contribution in [0.4, 0.5) is 4.39 Å². The number of rotatable bonds is 6. The van der Waals surface area contributed by atoms with E-state index in [1.165, 1.54) is 19.2 Å². The van der Waals surface area contributed by atoms with Crippen molar-refractivity contribution in [3.05, 3.63) is 64.4 Å². The number of hydrogen-bond acceptors (Lipinski definition) is 3. The van der Waals surface area contributed by atoms with Crippen LogP contribution < -0.4 is 4.72 Å². The Morgan fingerprint density at radius 1 is 1.25 bits per heavy atom. The molecule has 1 N–H and O–H groups in total. The van der Waals surface area contributed by atoms with Crippen LogP contribution in [0.15, 0.2) is 47.4 Å². The summed E-state index contributed by atoms with van der Waals surface area (Å²) >= 11 is 5.89. The fourth-order valence-electron chi connectivity index (χ4n) is 2.34. The van der Waals surface area contributed by atoms with E-state index in [2.05, 4.69) is 4.72 Å². The Kier molecular flexibility index (Phi) is 5.65. The molecule has 0 saturated heterocycles. The lowest BCUT2D eigenvalue weighted by molar-refractivity contribution is 0.00410. The molecular weight excluding hydrogens is 353 g/mol. The molecule has 130 valence electrons. The fraction of sp³-hybridized carbons (Fsp3) is 0.294. The lowest BCUT2D eigenvalue weighted by Gasteiger charge is -2.29. The van der Waals surface area contributed by atoms with Crippen molar-refractivity contribution in [3.8, 4) is 0 Å². The largest absolute Gasteiger partial charge is 0.372 e. The summed E-state index contributed by atoms with van der Waals surface area (Å²) in [6.45, 7) is 3.18. The summed E-state index contributed by atoms with van der Waals surface area (Å²) in [5.41, 5.74) is -0.305. The van der Waals surface area contributed by atoms with Gasteiger partial charge in [0.05, 0.1) is 4.90 Å². The molecule has 0 fully saturated rings. The van der Waals surface area contributed by atoms with Gasteiger partial charge in [0.25, 0.3) is 0 Å². The molecule has 7 heteroatoms. The van der Waals surface area contributed by atoms with Crippen molar-refractivity contribution < 1.29 is 17.5 Å². The zero-order valence-corrected chi connectivity index (χ0v) is 15.2. The lowest BCUT2D eigenvalue weighted by atomic mass is 9.95. The minimum Gasteiger partial charge on any atom is -0.372 e. The number of benzene rings is 2. The van der Waals surface area contributed by atoms with Crippen LogP contribution in [-0.4, -0.2) is 22.1 Å². The minimum atomic E-state index is -3.81. The Balaban J connectivity index is 2.30. The Bertz CT molecular complexity index is 841. The van der Waals surface area contributed by atoms with Gasteiger partial charge in [-0.25, -0.2) is 17.5 Å². The Morgan fingerprint density at radius 3 is 2.54 bits per heavy atom. The van der Waals surface area contributed by atoms with E-state index in [9.17, 15) is 12.8 Å². The summed E-state index contributed by atoms with van der Waals surface area (Å²) in [5, 5.41) is 0.324. The van der Waals surface area contributed by atoms with Gasteiger partial charge in [-0.15, -0.1) is 0 Å². The average Bonchev–Trinajstić information content (AvgIpc) is 2.55. The van der Waals surface area contributed by atoms with Crippen molar-refractivity contribution in [3.63, 3.8) is 0 Å². The Labute approximate surface area is 146 Å². The first-order valence-corrected chi connectivity index (χ1v) is 9.12.